The topological polar surface area (TPSA) is 124 Å². The molecule has 0 radical (unpaired) electrons. The molecule has 2 rings (SSSR count). The van der Waals surface area contributed by atoms with Crippen molar-refractivity contribution in [3.8, 4) is 0 Å². The van der Waals surface area contributed by atoms with Crippen molar-refractivity contribution in [1.29, 1.82) is 0 Å². The minimum atomic E-state index is -4.17. The minimum Gasteiger partial charge on any atom is -0.462 e. The van der Waals surface area contributed by atoms with Crippen LogP contribution in [0.2, 0.25) is 0 Å². The fourth-order valence-electron chi connectivity index (χ4n) is 2.92. The number of carbonyl (C=O) groups excluding carboxylic acids is 3. The highest BCUT2D eigenvalue weighted by molar-refractivity contribution is 7.89. The first-order chi connectivity index (χ1) is 14.0. The van der Waals surface area contributed by atoms with E-state index in [4.69, 9.17) is 4.74 Å². The number of benzene rings is 1. The predicted molar refractivity (Wildman–Crippen MR) is 111 cm³/mol. The van der Waals surface area contributed by atoms with Crippen LogP contribution in [0.1, 0.15) is 46.0 Å². The number of carbonyl (C=O) groups is 3. The maximum absolute atomic E-state index is 12.9. The number of ketones is 1. The number of amides is 1. The summed E-state index contributed by atoms with van der Waals surface area (Å²) in [7, 11) is -2.53. The lowest BCUT2D eigenvalue weighted by Gasteiger charge is -2.10. The van der Waals surface area contributed by atoms with Gasteiger partial charge in [-0.3, -0.25) is 9.59 Å². The van der Waals surface area contributed by atoms with Crippen molar-refractivity contribution in [2.45, 2.75) is 32.6 Å². The third kappa shape index (κ3) is 4.95. The van der Waals surface area contributed by atoms with Gasteiger partial charge in [0.1, 0.15) is 10.5 Å². The van der Waals surface area contributed by atoms with E-state index in [1.807, 2.05) is 0 Å². The number of sulfonamides is 1. The highest BCUT2D eigenvalue weighted by Gasteiger charge is 2.31. The van der Waals surface area contributed by atoms with Gasteiger partial charge in [0.2, 0.25) is 15.9 Å². The monoisotopic (exact) mass is 435 g/mol. The number of esters is 1. The Bertz CT molecular complexity index is 1080. The smallest absolute Gasteiger partial charge is 0.341 e. The fraction of sp³-hybridized carbons (Fsp3) is 0.350. The van der Waals surface area contributed by atoms with Crippen LogP contribution in [0.3, 0.4) is 0 Å². The Balaban J connectivity index is 2.19. The van der Waals surface area contributed by atoms with Crippen LogP contribution in [0.4, 0.5) is 5.69 Å². The van der Waals surface area contributed by atoms with E-state index in [2.05, 4.69) is 10.0 Å². The summed E-state index contributed by atoms with van der Waals surface area (Å²) < 4.78 is 34.6. The van der Waals surface area contributed by atoms with Gasteiger partial charge in [-0.25, -0.2) is 17.9 Å². The number of hydrogen-bond donors (Lipinski definition) is 2. The molecule has 0 saturated heterocycles. The molecule has 1 amide bonds. The average molecular weight is 436 g/mol. The van der Waals surface area contributed by atoms with Gasteiger partial charge < -0.3 is 14.6 Å². The van der Waals surface area contributed by atoms with Crippen LogP contribution in [-0.4, -0.2) is 43.8 Å². The van der Waals surface area contributed by atoms with Gasteiger partial charge in [-0.2, -0.15) is 0 Å². The van der Waals surface area contributed by atoms with E-state index < -0.39 is 28.4 Å². The van der Waals surface area contributed by atoms with Gasteiger partial charge in [-0.05, 0) is 52.0 Å². The van der Waals surface area contributed by atoms with E-state index in [1.54, 1.807) is 56.7 Å². The van der Waals surface area contributed by atoms with E-state index in [-0.39, 0.29) is 22.8 Å². The standard InChI is InChI=1S/C20H25N3O6S/c1-6-29-20(26)18-12(2)23(5)13(3)19(18)30(27,28)21-11-17(25)22-16-9-7-15(8-10-16)14(4)24/h7-10,21H,6,11H2,1-5H3,(H,22,25). The average Bonchev–Trinajstić information content (AvgIpc) is 2.92. The third-order valence-electron chi connectivity index (χ3n) is 4.67. The number of aromatic nitrogens is 1. The number of hydrogen-bond acceptors (Lipinski definition) is 6. The molecule has 1 heterocycles. The molecule has 0 saturated carbocycles. The molecule has 0 fully saturated rings. The highest BCUT2D eigenvalue weighted by atomic mass is 32.2. The van der Waals surface area contributed by atoms with Crippen molar-refractivity contribution in [2.75, 3.05) is 18.5 Å². The first kappa shape index (κ1) is 23.3. The molecular formula is C20H25N3O6S. The molecule has 0 bridgehead atoms. The molecule has 1 aromatic carbocycles. The molecule has 1 aromatic heterocycles. The van der Waals surface area contributed by atoms with Gasteiger partial charge in [0, 0.05) is 29.7 Å². The van der Waals surface area contributed by atoms with Crippen LogP contribution in [0.5, 0.6) is 0 Å². The fourth-order valence-corrected chi connectivity index (χ4v) is 4.41. The van der Waals surface area contributed by atoms with Crippen LogP contribution in [-0.2, 0) is 26.6 Å². The lowest BCUT2D eigenvalue weighted by molar-refractivity contribution is -0.115. The first-order valence-electron chi connectivity index (χ1n) is 9.23. The SMILES string of the molecule is CCOC(=O)c1c(S(=O)(=O)NCC(=O)Nc2ccc(C(C)=O)cc2)c(C)n(C)c1C. The van der Waals surface area contributed by atoms with Crippen molar-refractivity contribution < 1.29 is 27.5 Å². The molecule has 0 unspecified atom stereocenters. The second-order valence-corrected chi connectivity index (χ2v) is 8.36. The second-order valence-electron chi connectivity index (χ2n) is 6.66. The van der Waals surface area contributed by atoms with Crippen LogP contribution < -0.4 is 10.0 Å². The largest absolute Gasteiger partial charge is 0.462 e. The van der Waals surface area contributed by atoms with Gasteiger partial charge in [-0.15, -0.1) is 0 Å². The molecule has 0 atom stereocenters. The Hall–Kier alpha value is -2.98. The normalized spacial score (nSPS) is 11.2. The Labute approximate surface area is 175 Å². The molecular weight excluding hydrogens is 410 g/mol. The lowest BCUT2D eigenvalue weighted by Crippen LogP contribution is -2.34. The zero-order valence-electron chi connectivity index (χ0n) is 17.5. The van der Waals surface area contributed by atoms with Crippen molar-refractivity contribution in [3.05, 3.63) is 46.8 Å². The summed E-state index contributed by atoms with van der Waals surface area (Å²) in [6.07, 6.45) is 0. The zero-order valence-corrected chi connectivity index (χ0v) is 18.3. The van der Waals surface area contributed by atoms with Crippen molar-refractivity contribution in [1.82, 2.24) is 9.29 Å². The number of anilines is 1. The Kier molecular flexibility index (Phi) is 7.16. The van der Waals surface area contributed by atoms with Gasteiger partial charge >= 0.3 is 5.97 Å². The number of Topliss-reactive ketones (excluding diaryl/α,β-unsaturated/α-hetero) is 1. The maximum Gasteiger partial charge on any atom is 0.341 e. The molecule has 30 heavy (non-hydrogen) atoms. The van der Waals surface area contributed by atoms with Gasteiger partial charge in [0.05, 0.1) is 13.2 Å². The number of rotatable bonds is 8. The molecule has 2 N–H and O–H groups in total. The summed E-state index contributed by atoms with van der Waals surface area (Å²) in [5.74, 6) is -1.45. The quantitative estimate of drug-likeness (QED) is 0.482. The molecule has 0 aliphatic heterocycles. The van der Waals surface area contributed by atoms with E-state index in [0.29, 0.717) is 22.6 Å². The highest BCUT2D eigenvalue weighted by Crippen LogP contribution is 2.26. The Morgan fingerprint density at radius 3 is 2.20 bits per heavy atom. The summed E-state index contributed by atoms with van der Waals surface area (Å²) in [6, 6.07) is 6.22. The Morgan fingerprint density at radius 2 is 1.67 bits per heavy atom. The van der Waals surface area contributed by atoms with Gasteiger partial charge in [0.15, 0.2) is 5.78 Å². The van der Waals surface area contributed by atoms with Gasteiger partial charge in [-0.1, -0.05) is 0 Å². The molecule has 0 spiro atoms. The van der Waals surface area contributed by atoms with E-state index in [0.717, 1.165) is 0 Å². The van der Waals surface area contributed by atoms with Crippen molar-refractivity contribution in [2.24, 2.45) is 7.05 Å². The number of nitrogens with one attached hydrogen (secondary N) is 2. The molecule has 9 nitrogen and oxygen atoms in total. The third-order valence-corrected chi connectivity index (χ3v) is 6.23. The zero-order chi connectivity index (χ0) is 22.6. The van der Waals surface area contributed by atoms with Crippen LogP contribution in [0.15, 0.2) is 29.2 Å². The van der Waals surface area contributed by atoms with E-state index in [1.165, 1.54) is 6.92 Å². The summed E-state index contributed by atoms with van der Waals surface area (Å²) in [6.45, 7) is 5.82. The van der Waals surface area contributed by atoms with Crippen molar-refractivity contribution in [3.63, 3.8) is 0 Å². The number of nitrogens with zero attached hydrogens (tertiary/aromatic N) is 1. The summed E-state index contributed by atoms with van der Waals surface area (Å²) in [5, 5.41) is 2.55. The molecule has 0 aliphatic carbocycles. The summed E-state index contributed by atoms with van der Waals surface area (Å²) in [5.41, 5.74) is 1.66. The lowest BCUT2D eigenvalue weighted by atomic mass is 10.1. The summed E-state index contributed by atoms with van der Waals surface area (Å²) in [4.78, 5) is 35.6. The number of ether oxygens (including phenoxy) is 1. The van der Waals surface area contributed by atoms with Crippen LogP contribution >= 0.6 is 0 Å². The van der Waals surface area contributed by atoms with Crippen LogP contribution in [0.25, 0.3) is 0 Å². The Morgan fingerprint density at radius 1 is 1.07 bits per heavy atom. The first-order valence-corrected chi connectivity index (χ1v) is 10.7. The predicted octanol–water partition coefficient (Wildman–Crippen LogP) is 1.94. The van der Waals surface area contributed by atoms with Crippen molar-refractivity contribution >= 4 is 33.4 Å². The molecule has 2 aromatic rings. The maximum atomic E-state index is 12.9. The van der Waals surface area contributed by atoms with Crippen LogP contribution in [0, 0.1) is 13.8 Å². The summed E-state index contributed by atoms with van der Waals surface area (Å²) >= 11 is 0. The molecule has 0 aliphatic rings. The molecule has 10 heteroatoms. The van der Waals surface area contributed by atoms with Gasteiger partial charge in [0.25, 0.3) is 0 Å². The second kappa shape index (κ2) is 9.23. The minimum absolute atomic E-state index is 0.0513. The van der Waals surface area contributed by atoms with E-state index in [9.17, 15) is 22.8 Å². The molecule has 162 valence electrons. The van der Waals surface area contributed by atoms with E-state index >= 15 is 0 Å².